The van der Waals surface area contributed by atoms with Gasteiger partial charge >= 0.3 is 0 Å². The lowest BCUT2D eigenvalue weighted by Crippen LogP contribution is -2.28. The Bertz CT molecular complexity index is 860. The summed E-state index contributed by atoms with van der Waals surface area (Å²) >= 11 is 0. The Kier molecular flexibility index (Phi) is 5.16. The van der Waals surface area contributed by atoms with Gasteiger partial charge in [0, 0.05) is 29.9 Å². The zero-order chi connectivity index (χ0) is 18.7. The number of rotatable bonds is 5. The first-order valence-electron chi connectivity index (χ1n) is 8.79. The normalized spacial score (nSPS) is 16.6. The minimum absolute atomic E-state index is 0.0455. The fraction of sp³-hybridized carbons (Fsp3) is 0.286. The number of aryl methyl sites for hydroxylation is 1. The molecule has 0 spiro atoms. The second-order valence-electron chi connectivity index (χ2n) is 6.56. The molecule has 0 aromatic heterocycles. The van der Waals surface area contributed by atoms with Crippen molar-refractivity contribution in [2.75, 3.05) is 16.8 Å². The molecule has 2 aromatic carbocycles. The van der Waals surface area contributed by atoms with Gasteiger partial charge in [0.05, 0.1) is 5.92 Å². The lowest BCUT2D eigenvalue weighted by molar-refractivity contribution is -0.122. The average molecular weight is 350 g/mol. The molecule has 1 atom stereocenters. The standard InChI is InChI=1S/C21H22N2O3/c1-3-15-6-4-9-19(10-15)23-13-17(12-20(23)25)21(26)22-18-8-5-7-16(11-18)14(2)24/h4-11,17H,3,12-13H2,1-2H3,(H,22,26)/t17-/m0/s1. The maximum atomic E-state index is 12.6. The predicted octanol–water partition coefficient (Wildman–Crippen LogP) is 3.44. The van der Waals surface area contributed by atoms with E-state index in [0.717, 1.165) is 17.7 Å². The van der Waals surface area contributed by atoms with Crippen LogP contribution in [0.1, 0.15) is 36.2 Å². The average Bonchev–Trinajstić information content (AvgIpc) is 3.04. The summed E-state index contributed by atoms with van der Waals surface area (Å²) < 4.78 is 0. The Morgan fingerprint density at radius 3 is 2.65 bits per heavy atom. The maximum absolute atomic E-state index is 12.6. The van der Waals surface area contributed by atoms with Gasteiger partial charge < -0.3 is 10.2 Å². The van der Waals surface area contributed by atoms with E-state index in [-0.39, 0.29) is 24.0 Å². The van der Waals surface area contributed by atoms with E-state index in [4.69, 9.17) is 0 Å². The van der Waals surface area contributed by atoms with Crippen LogP contribution in [-0.4, -0.2) is 24.1 Å². The Labute approximate surface area is 153 Å². The van der Waals surface area contributed by atoms with Gasteiger partial charge in [-0.3, -0.25) is 14.4 Å². The van der Waals surface area contributed by atoms with Crippen molar-refractivity contribution < 1.29 is 14.4 Å². The van der Waals surface area contributed by atoms with Crippen LogP contribution in [-0.2, 0) is 16.0 Å². The van der Waals surface area contributed by atoms with E-state index in [2.05, 4.69) is 12.2 Å². The van der Waals surface area contributed by atoms with Gasteiger partial charge in [-0.25, -0.2) is 0 Å². The highest BCUT2D eigenvalue weighted by Crippen LogP contribution is 2.27. The number of anilines is 2. The van der Waals surface area contributed by atoms with E-state index in [1.54, 1.807) is 29.2 Å². The van der Waals surface area contributed by atoms with Crippen LogP contribution in [0.2, 0.25) is 0 Å². The second-order valence-corrected chi connectivity index (χ2v) is 6.56. The number of amides is 2. The second kappa shape index (κ2) is 7.52. The van der Waals surface area contributed by atoms with Crippen LogP contribution in [0.5, 0.6) is 0 Å². The molecule has 3 rings (SSSR count). The monoisotopic (exact) mass is 350 g/mol. The van der Waals surface area contributed by atoms with Crippen molar-refractivity contribution in [2.45, 2.75) is 26.7 Å². The van der Waals surface area contributed by atoms with Crippen LogP contribution >= 0.6 is 0 Å². The minimum atomic E-state index is -0.409. The lowest BCUT2D eigenvalue weighted by atomic mass is 10.1. The van der Waals surface area contributed by atoms with Crippen molar-refractivity contribution in [3.8, 4) is 0 Å². The SMILES string of the molecule is CCc1cccc(N2C[C@@H](C(=O)Nc3cccc(C(C)=O)c3)CC2=O)c1. The van der Waals surface area contributed by atoms with Crippen LogP contribution in [0.3, 0.4) is 0 Å². The Morgan fingerprint density at radius 2 is 1.92 bits per heavy atom. The number of carbonyl (C=O) groups is 3. The largest absolute Gasteiger partial charge is 0.326 e. The molecule has 1 N–H and O–H groups in total. The summed E-state index contributed by atoms with van der Waals surface area (Å²) in [6, 6.07) is 14.7. The fourth-order valence-electron chi connectivity index (χ4n) is 3.14. The number of ketones is 1. The molecule has 2 amide bonds. The van der Waals surface area contributed by atoms with Crippen molar-refractivity contribution >= 4 is 29.0 Å². The third-order valence-corrected chi connectivity index (χ3v) is 4.66. The van der Waals surface area contributed by atoms with E-state index in [1.165, 1.54) is 6.92 Å². The first kappa shape index (κ1) is 17.9. The van der Waals surface area contributed by atoms with Gasteiger partial charge in [-0.05, 0) is 43.2 Å². The first-order chi connectivity index (χ1) is 12.5. The van der Waals surface area contributed by atoms with E-state index >= 15 is 0 Å². The van der Waals surface area contributed by atoms with E-state index in [9.17, 15) is 14.4 Å². The number of hydrogen-bond donors (Lipinski definition) is 1. The van der Waals surface area contributed by atoms with Crippen LogP contribution in [0.25, 0.3) is 0 Å². The molecule has 1 heterocycles. The summed E-state index contributed by atoms with van der Waals surface area (Å²) in [7, 11) is 0. The number of nitrogens with zero attached hydrogens (tertiary/aromatic N) is 1. The molecular weight excluding hydrogens is 328 g/mol. The number of carbonyl (C=O) groups excluding carboxylic acids is 3. The summed E-state index contributed by atoms with van der Waals surface area (Å²) in [4.78, 5) is 38.1. The predicted molar refractivity (Wildman–Crippen MR) is 101 cm³/mol. The summed E-state index contributed by atoms with van der Waals surface area (Å²) in [6.45, 7) is 3.92. The van der Waals surface area contributed by atoms with Gasteiger partial charge in [0.2, 0.25) is 11.8 Å². The third-order valence-electron chi connectivity index (χ3n) is 4.66. The van der Waals surface area contributed by atoms with E-state index < -0.39 is 5.92 Å². The molecule has 0 unspecified atom stereocenters. The highest BCUT2D eigenvalue weighted by molar-refractivity contribution is 6.04. The molecule has 0 saturated carbocycles. The Balaban J connectivity index is 1.71. The molecule has 0 radical (unpaired) electrons. The zero-order valence-electron chi connectivity index (χ0n) is 15.0. The number of Topliss-reactive ketones (excluding diaryl/α,β-unsaturated/α-hetero) is 1. The minimum Gasteiger partial charge on any atom is -0.326 e. The molecule has 26 heavy (non-hydrogen) atoms. The molecule has 0 aliphatic carbocycles. The molecule has 5 nitrogen and oxygen atoms in total. The van der Waals surface area contributed by atoms with Crippen molar-refractivity contribution in [1.82, 2.24) is 0 Å². The highest BCUT2D eigenvalue weighted by Gasteiger charge is 2.35. The number of nitrogens with one attached hydrogen (secondary N) is 1. The van der Waals surface area contributed by atoms with E-state index in [1.807, 2.05) is 24.3 Å². The topological polar surface area (TPSA) is 66.5 Å². The smallest absolute Gasteiger partial charge is 0.229 e. The zero-order valence-corrected chi connectivity index (χ0v) is 15.0. The lowest BCUT2D eigenvalue weighted by Gasteiger charge is -2.17. The first-order valence-corrected chi connectivity index (χ1v) is 8.79. The van der Waals surface area contributed by atoms with Crippen molar-refractivity contribution in [2.24, 2.45) is 5.92 Å². The summed E-state index contributed by atoms with van der Waals surface area (Å²) in [5.74, 6) is -0.711. The van der Waals surface area contributed by atoms with Gasteiger partial charge in [-0.15, -0.1) is 0 Å². The molecule has 5 heteroatoms. The van der Waals surface area contributed by atoms with Crippen LogP contribution in [0.15, 0.2) is 48.5 Å². The van der Waals surface area contributed by atoms with Crippen molar-refractivity contribution in [3.63, 3.8) is 0 Å². The number of hydrogen-bond acceptors (Lipinski definition) is 3. The van der Waals surface area contributed by atoms with Crippen LogP contribution in [0.4, 0.5) is 11.4 Å². The van der Waals surface area contributed by atoms with Gasteiger partial charge in [0.25, 0.3) is 0 Å². The van der Waals surface area contributed by atoms with Gasteiger partial charge in [0.1, 0.15) is 0 Å². The van der Waals surface area contributed by atoms with Crippen molar-refractivity contribution in [1.29, 1.82) is 0 Å². The molecule has 1 saturated heterocycles. The molecule has 2 aromatic rings. The van der Waals surface area contributed by atoms with E-state index in [0.29, 0.717) is 17.8 Å². The highest BCUT2D eigenvalue weighted by atomic mass is 16.2. The maximum Gasteiger partial charge on any atom is 0.229 e. The van der Waals surface area contributed by atoms with Gasteiger partial charge in [-0.2, -0.15) is 0 Å². The van der Waals surface area contributed by atoms with Crippen molar-refractivity contribution in [3.05, 3.63) is 59.7 Å². The third kappa shape index (κ3) is 3.82. The number of benzene rings is 2. The summed E-state index contributed by atoms with van der Waals surface area (Å²) in [5.41, 5.74) is 3.11. The van der Waals surface area contributed by atoms with Crippen LogP contribution < -0.4 is 10.2 Å². The Morgan fingerprint density at radius 1 is 1.15 bits per heavy atom. The summed E-state index contributed by atoms with van der Waals surface area (Å²) in [6.07, 6.45) is 1.08. The molecule has 134 valence electrons. The fourth-order valence-corrected chi connectivity index (χ4v) is 3.14. The molecule has 1 fully saturated rings. The Hall–Kier alpha value is -2.95. The van der Waals surface area contributed by atoms with Crippen LogP contribution in [0, 0.1) is 5.92 Å². The molecule has 1 aliphatic heterocycles. The van der Waals surface area contributed by atoms with Gasteiger partial charge in [0.15, 0.2) is 5.78 Å². The van der Waals surface area contributed by atoms with Gasteiger partial charge in [-0.1, -0.05) is 31.2 Å². The molecular formula is C21H22N2O3. The molecule has 1 aliphatic rings. The summed E-state index contributed by atoms with van der Waals surface area (Å²) in [5, 5.41) is 2.82. The quantitative estimate of drug-likeness (QED) is 0.840. The molecule has 0 bridgehead atoms.